The molecule has 0 aliphatic rings. The van der Waals surface area contributed by atoms with E-state index in [9.17, 15) is 5.11 Å². The molecule has 0 fully saturated rings. The lowest BCUT2D eigenvalue weighted by molar-refractivity contribution is 0.174. The standard InChI is InChI=1S/C14H20N4O2/c1-3-18-10-16-17-14(18)9-15-8-13(19)11-4-6-12(20-2)7-5-11/h4-7,10,13,15,19H,3,8-9H2,1-2H3. The highest BCUT2D eigenvalue weighted by Crippen LogP contribution is 2.16. The number of benzene rings is 1. The van der Waals surface area contributed by atoms with E-state index in [2.05, 4.69) is 15.5 Å². The first-order chi connectivity index (χ1) is 9.74. The van der Waals surface area contributed by atoms with Gasteiger partial charge in [-0.2, -0.15) is 0 Å². The van der Waals surface area contributed by atoms with Crippen LogP contribution in [0, 0.1) is 0 Å². The van der Waals surface area contributed by atoms with Crippen LogP contribution in [0.25, 0.3) is 0 Å². The Balaban J connectivity index is 1.84. The molecule has 0 saturated heterocycles. The fraction of sp³-hybridized carbons (Fsp3) is 0.429. The molecule has 0 saturated carbocycles. The van der Waals surface area contributed by atoms with Crippen molar-refractivity contribution in [1.82, 2.24) is 20.1 Å². The topological polar surface area (TPSA) is 72.2 Å². The fourth-order valence-electron chi connectivity index (χ4n) is 1.94. The van der Waals surface area contributed by atoms with E-state index in [-0.39, 0.29) is 0 Å². The maximum absolute atomic E-state index is 10.1. The minimum absolute atomic E-state index is 0.461. The third kappa shape index (κ3) is 3.55. The van der Waals surface area contributed by atoms with Crippen LogP contribution in [-0.4, -0.2) is 33.5 Å². The van der Waals surface area contributed by atoms with Gasteiger partial charge < -0.3 is 19.7 Å². The van der Waals surface area contributed by atoms with Crippen LogP contribution >= 0.6 is 0 Å². The molecule has 2 N–H and O–H groups in total. The summed E-state index contributed by atoms with van der Waals surface area (Å²) in [5, 5.41) is 21.2. The summed E-state index contributed by atoms with van der Waals surface area (Å²) >= 11 is 0. The van der Waals surface area contributed by atoms with Crippen LogP contribution in [-0.2, 0) is 13.1 Å². The minimum atomic E-state index is -0.557. The Morgan fingerprint density at radius 2 is 2.10 bits per heavy atom. The van der Waals surface area contributed by atoms with Crippen LogP contribution in [0.4, 0.5) is 0 Å². The molecular weight excluding hydrogens is 256 g/mol. The Morgan fingerprint density at radius 1 is 1.35 bits per heavy atom. The van der Waals surface area contributed by atoms with Gasteiger partial charge in [-0.3, -0.25) is 0 Å². The molecule has 1 unspecified atom stereocenters. The van der Waals surface area contributed by atoms with Crippen molar-refractivity contribution in [2.45, 2.75) is 26.1 Å². The molecule has 0 aliphatic heterocycles. The monoisotopic (exact) mass is 276 g/mol. The van der Waals surface area contributed by atoms with Gasteiger partial charge in [-0.15, -0.1) is 10.2 Å². The summed E-state index contributed by atoms with van der Waals surface area (Å²) in [6, 6.07) is 7.40. The fourth-order valence-corrected chi connectivity index (χ4v) is 1.94. The lowest BCUT2D eigenvalue weighted by Gasteiger charge is -2.12. The number of aliphatic hydroxyl groups is 1. The van der Waals surface area contributed by atoms with E-state index in [0.717, 1.165) is 23.7 Å². The third-order valence-electron chi connectivity index (χ3n) is 3.16. The quantitative estimate of drug-likeness (QED) is 0.793. The maximum Gasteiger partial charge on any atom is 0.146 e. The second kappa shape index (κ2) is 7.02. The predicted octanol–water partition coefficient (Wildman–Crippen LogP) is 1.13. The van der Waals surface area contributed by atoms with E-state index in [0.29, 0.717) is 13.1 Å². The van der Waals surface area contributed by atoms with Gasteiger partial charge in [0.15, 0.2) is 0 Å². The summed E-state index contributed by atoms with van der Waals surface area (Å²) in [5.74, 6) is 1.65. The lowest BCUT2D eigenvalue weighted by Crippen LogP contribution is -2.23. The first-order valence-electron chi connectivity index (χ1n) is 6.64. The number of rotatable bonds is 7. The highest BCUT2D eigenvalue weighted by atomic mass is 16.5. The first-order valence-corrected chi connectivity index (χ1v) is 6.64. The van der Waals surface area contributed by atoms with Crippen molar-refractivity contribution in [3.63, 3.8) is 0 Å². The van der Waals surface area contributed by atoms with Gasteiger partial charge in [-0.1, -0.05) is 12.1 Å². The van der Waals surface area contributed by atoms with Crippen molar-refractivity contribution in [2.24, 2.45) is 0 Å². The normalized spacial score (nSPS) is 12.3. The van der Waals surface area contributed by atoms with Crippen molar-refractivity contribution in [2.75, 3.05) is 13.7 Å². The number of aliphatic hydroxyl groups excluding tert-OH is 1. The van der Waals surface area contributed by atoms with Crippen LogP contribution in [0.3, 0.4) is 0 Å². The van der Waals surface area contributed by atoms with E-state index in [1.165, 1.54) is 0 Å². The number of hydrogen-bond acceptors (Lipinski definition) is 5. The molecule has 108 valence electrons. The van der Waals surface area contributed by atoms with Crippen LogP contribution < -0.4 is 10.1 Å². The van der Waals surface area contributed by atoms with Crippen molar-refractivity contribution in [3.8, 4) is 5.75 Å². The van der Waals surface area contributed by atoms with Crippen molar-refractivity contribution >= 4 is 0 Å². The number of aryl methyl sites for hydroxylation is 1. The van der Waals surface area contributed by atoms with Crippen LogP contribution in [0.15, 0.2) is 30.6 Å². The number of methoxy groups -OCH3 is 1. The molecule has 0 bridgehead atoms. The number of nitrogens with one attached hydrogen (secondary N) is 1. The molecule has 1 aromatic carbocycles. The van der Waals surface area contributed by atoms with Crippen molar-refractivity contribution in [1.29, 1.82) is 0 Å². The van der Waals surface area contributed by atoms with Gasteiger partial charge in [0.1, 0.15) is 17.9 Å². The van der Waals surface area contributed by atoms with E-state index >= 15 is 0 Å². The van der Waals surface area contributed by atoms with Crippen molar-refractivity contribution in [3.05, 3.63) is 42.0 Å². The maximum atomic E-state index is 10.1. The van der Waals surface area contributed by atoms with Gasteiger partial charge in [0, 0.05) is 13.1 Å². The molecule has 0 amide bonds. The van der Waals surface area contributed by atoms with Gasteiger partial charge in [0.25, 0.3) is 0 Å². The summed E-state index contributed by atoms with van der Waals surface area (Å²) in [6.07, 6.45) is 1.15. The molecule has 1 heterocycles. The average Bonchev–Trinajstić information content (AvgIpc) is 2.94. The van der Waals surface area contributed by atoms with Crippen LogP contribution in [0.1, 0.15) is 24.4 Å². The minimum Gasteiger partial charge on any atom is -0.497 e. The summed E-state index contributed by atoms with van der Waals surface area (Å²) in [6.45, 7) is 3.92. The van der Waals surface area contributed by atoms with Gasteiger partial charge in [0.05, 0.1) is 19.8 Å². The predicted molar refractivity (Wildman–Crippen MR) is 75.4 cm³/mol. The molecule has 6 heteroatoms. The van der Waals surface area contributed by atoms with E-state index < -0.39 is 6.10 Å². The Bertz CT molecular complexity index is 524. The Labute approximate surface area is 118 Å². The lowest BCUT2D eigenvalue weighted by atomic mass is 10.1. The van der Waals surface area contributed by atoms with Gasteiger partial charge in [-0.25, -0.2) is 0 Å². The summed E-state index contributed by atoms with van der Waals surface area (Å²) in [7, 11) is 1.62. The van der Waals surface area contributed by atoms with E-state index in [1.807, 2.05) is 35.8 Å². The van der Waals surface area contributed by atoms with Gasteiger partial charge >= 0.3 is 0 Å². The molecule has 2 aromatic rings. The summed E-state index contributed by atoms with van der Waals surface area (Å²) in [5.41, 5.74) is 0.857. The van der Waals surface area contributed by atoms with E-state index in [4.69, 9.17) is 4.74 Å². The molecule has 1 aromatic heterocycles. The molecule has 2 rings (SSSR count). The largest absolute Gasteiger partial charge is 0.497 e. The van der Waals surface area contributed by atoms with Gasteiger partial charge in [0.2, 0.25) is 0 Å². The Hall–Kier alpha value is -1.92. The number of nitrogens with zero attached hydrogens (tertiary/aromatic N) is 3. The van der Waals surface area contributed by atoms with E-state index in [1.54, 1.807) is 13.4 Å². The number of hydrogen-bond donors (Lipinski definition) is 2. The molecule has 0 aliphatic carbocycles. The van der Waals surface area contributed by atoms with Crippen molar-refractivity contribution < 1.29 is 9.84 Å². The summed E-state index contributed by atoms with van der Waals surface area (Å²) < 4.78 is 7.05. The molecule has 0 spiro atoms. The highest BCUT2D eigenvalue weighted by Gasteiger charge is 2.08. The van der Waals surface area contributed by atoms with Crippen LogP contribution in [0.5, 0.6) is 5.75 Å². The second-order valence-corrected chi connectivity index (χ2v) is 4.45. The zero-order chi connectivity index (χ0) is 14.4. The average molecular weight is 276 g/mol. The molecule has 0 radical (unpaired) electrons. The second-order valence-electron chi connectivity index (χ2n) is 4.45. The zero-order valence-corrected chi connectivity index (χ0v) is 11.8. The Kier molecular flexibility index (Phi) is 5.09. The smallest absolute Gasteiger partial charge is 0.146 e. The summed E-state index contributed by atoms with van der Waals surface area (Å²) in [4.78, 5) is 0. The SMILES string of the molecule is CCn1cnnc1CNCC(O)c1ccc(OC)cc1. The highest BCUT2D eigenvalue weighted by molar-refractivity contribution is 5.28. The third-order valence-corrected chi connectivity index (χ3v) is 3.16. The number of ether oxygens (including phenoxy) is 1. The number of aromatic nitrogens is 3. The molecular formula is C14H20N4O2. The molecule has 6 nitrogen and oxygen atoms in total. The van der Waals surface area contributed by atoms with Crippen LogP contribution in [0.2, 0.25) is 0 Å². The first kappa shape index (κ1) is 14.5. The molecule has 1 atom stereocenters. The molecule has 20 heavy (non-hydrogen) atoms. The van der Waals surface area contributed by atoms with Gasteiger partial charge in [-0.05, 0) is 24.6 Å². The Morgan fingerprint density at radius 3 is 2.75 bits per heavy atom. The zero-order valence-electron chi connectivity index (χ0n) is 11.8.